The van der Waals surface area contributed by atoms with Gasteiger partial charge in [-0.1, -0.05) is 12.1 Å². The minimum absolute atomic E-state index is 0.0657. The van der Waals surface area contributed by atoms with Crippen molar-refractivity contribution in [3.8, 4) is 11.5 Å². The topological polar surface area (TPSA) is 95.8 Å². The van der Waals surface area contributed by atoms with Gasteiger partial charge in [-0.2, -0.15) is 13.6 Å². The van der Waals surface area contributed by atoms with Crippen molar-refractivity contribution >= 4 is 38.0 Å². The van der Waals surface area contributed by atoms with Crippen LogP contribution in [0.2, 0.25) is 0 Å². The molecule has 0 bridgehead atoms. The van der Waals surface area contributed by atoms with Crippen molar-refractivity contribution in [1.82, 2.24) is 19.3 Å². The highest BCUT2D eigenvalue weighted by atomic mass is 32.2. The Hall–Kier alpha value is -2.73. The Morgan fingerprint density at radius 1 is 1.23 bits per heavy atom. The number of thiophene rings is 1. The third kappa shape index (κ3) is 3.39. The maximum atomic E-state index is 13.5. The van der Waals surface area contributed by atoms with Crippen LogP contribution in [0.5, 0.6) is 0 Å². The number of methoxy groups -OCH3 is 2. The number of aryl methyl sites for hydroxylation is 1. The van der Waals surface area contributed by atoms with Crippen molar-refractivity contribution in [3.63, 3.8) is 0 Å². The van der Waals surface area contributed by atoms with Crippen LogP contribution in [-0.2, 0) is 33.3 Å². The highest BCUT2D eigenvalue weighted by molar-refractivity contribution is 7.94. The first kappa shape index (κ1) is 20.5. The van der Waals surface area contributed by atoms with E-state index in [2.05, 4.69) is 10.1 Å². The molecule has 0 saturated heterocycles. The van der Waals surface area contributed by atoms with Crippen molar-refractivity contribution < 1.29 is 17.9 Å². The minimum atomic E-state index is -3.56. The quantitative estimate of drug-likeness (QED) is 0.305. The monoisotopic (exact) mass is 448 g/mol. The number of nitrogens with zero attached hydrogens (tertiary/aromatic N) is 5. The fraction of sp³-hybridized carbons (Fsp3) is 0.263. The lowest BCUT2D eigenvalue weighted by atomic mass is 10.2. The Labute approximate surface area is 178 Å². The highest BCUT2D eigenvalue weighted by Gasteiger charge is 2.34. The second kappa shape index (κ2) is 8.19. The molecule has 0 spiro atoms. The van der Waals surface area contributed by atoms with Crippen molar-refractivity contribution in [2.24, 2.45) is 7.05 Å². The van der Waals surface area contributed by atoms with Gasteiger partial charge in [-0.3, -0.25) is 0 Å². The third-order valence-corrected chi connectivity index (χ3v) is 7.83. The van der Waals surface area contributed by atoms with Crippen LogP contribution in [0, 0.1) is 0 Å². The Balaban J connectivity index is 1.98. The number of hydrogen-bond donors (Lipinski definition) is 0. The van der Waals surface area contributed by atoms with Gasteiger partial charge >= 0.3 is 10.0 Å². The van der Waals surface area contributed by atoms with Gasteiger partial charge in [0.15, 0.2) is 10.0 Å². The number of aromatic nitrogens is 4. The molecule has 1 atom stereocenters. The molecule has 9 nitrogen and oxygen atoms in total. The van der Waals surface area contributed by atoms with Gasteiger partial charge in [0.25, 0.3) is 0 Å². The number of rotatable bonds is 8. The van der Waals surface area contributed by atoms with Gasteiger partial charge < -0.3 is 14.0 Å². The molecule has 4 rings (SSSR count). The van der Waals surface area contributed by atoms with Crippen LogP contribution >= 0.6 is 11.3 Å². The lowest BCUT2D eigenvalue weighted by Gasteiger charge is -2.21. The second-order valence-corrected chi connectivity index (χ2v) is 9.60. The molecule has 4 aromatic rings. The molecule has 3 heterocycles. The zero-order valence-electron chi connectivity index (χ0n) is 16.8. The number of para-hydroxylation sites is 1. The van der Waals surface area contributed by atoms with Crippen LogP contribution in [0.4, 0.5) is 5.69 Å². The largest absolute Gasteiger partial charge is 0.410 e. The van der Waals surface area contributed by atoms with Crippen molar-refractivity contribution in [2.45, 2.75) is 10.9 Å². The van der Waals surface area contributed by atoms with Gasteiger partial charge in [-0.15, -0.1) is 11.3 Å². The van der Waals surface area contributed by atoms with Crippen LogP contribution in [0.1, 0.15) is 0 Å². The summed E-state index contributed by atoms with van der Waals surface area (Å²) in [4.78, 5) is 4.36. The van der Waals surface area contributed by atoms with E-state index in [1.54, 1.807) is 35.4 Å². The molecular formula is C19H22N5O4S2+. The second-order valence-electron chi connectivity index (χ2n) is 6.52. The average Bonchev–Trinajstić information content (AvgIpc) is 3.46. The molecule has 0 aliphatic heterocycles. The molecule has 1 unspecified atom stereocenters. The summed E-state index contributed by atoms with van der Waals surface area (Å²) in [5.74, 6) is 0.662. The Bertz CT molecular complexity index is 1260. The minimum Gasteiger partial charge on any atom is -0.364 e. The third-order valence-electron chi connectivity index (χ3n) is 4.67. The highest BCUT2D eigenvalue weighted by Crippen LogP contribution is 2.36. The SMILES string of the molecule is COCN(c1cccc2cc(-c3ncnn3C)n(COC)c12)S(=O)(=[OH+])c1cccs1. The predicted molar refractivity (Wildman–Crippen MR) is 116 cm³/mol. The van der Waals surface area contributed by atoms with Crippen molar-refractivity contribution in [3.05, 3.63) is 48.1 Å². The molecule has 1 N–H and O–H groups in total. The van der Waals surface area contributed by atoms with Crippen LogP contribution in [0.15, 0.2) is 52.3 Å². The van der Waals surface area contributed by atoms with Crippen molar-refractivity contribution in [1.29, 1.82) is 0 Å². The fourth-order valence-electron chi connectivity index (χ4n) is 3.40. The number of ether oxygens (including phenoxy) is 2. The zero-order chi connectivity index (χ0) is 21.3. The summed E-state index contributed by atoms with van der Waals surface area (Å²) >= 11 is 1.23. The van der Waals surface area contributed by atoms with E-state index >= 15 is 0 Å². The standard InChI is InChI=1S/C19H21N5O4S2/c1-22-19(20-11-21-22)16-10-14-6-4-7-15(18(14)23(16)12-27-2)24(13-28-3)30(25,26)17-8-5-9-29-17/h4-11H,12-13H2,1-3H3/p+1. The van der Waals surface area contributed by atoms with E-state index in [0.717, 1.165) is 16.6 Å². The normalized spacial score (nSPS) is 13.6. The molecular weight excluding hydrogens is 426 g/mol. The first-order chi connectivity index (χ1) is 14.5. The Kier molecular flexibility index (Phi) is 5.60. The first-order valence-corrected chi connectivity index (χ1v) is 11.4. The van der Waals surface area contributed by atoms with E-state index < -0.39 is 10.0 Å². The predicted octanol–water partition coefficient (Wildman–Crippen LogP) is 3.06. The fourth-order valence-corrected chi connectivity index (χ4v) is 5.92. The average molecular weight is 449 g/mol. The van der Waals surface area contributed by atoms with Gasteiger partial charge in [0.05, 0.1) is 16.9 Å². The summed E-state index contributed by atoms with van der Waals surface area (Å²) in [6.45, 7) is 0.166. The Morgan fingerprint density at radius 2 is 2.07 bits per heavy atom. The van der Waals surface area contributed by atoms with Crippen molar-refractivity contribution in [2.75, 3.05) is 25.3 Å². The summed E-state index contributed by atoms with van der Waals surface area (Å²) in [7, 11) is 1.35. The van der Waals surface area contributed by atoms with E-state index in [1.807, 2.05) is 29.8 Å². The molecule has 0 saturated carbocycles. The maximum Gasteiger partial charge on any atom is 0.410 e. The van der Waals surface area contributed by atoms with Gasteiger partial charge in [0, 0.05) is 26.7 Å². The summed E-state index contributed by atoms with van der Waals surface area (Å²) in [6, 6.07) is 11.0. The van der Waals surface area contributed by atoms with E-state index in [1.165, 1.54) is 29.1 Å². The van der Waals surface area contributed by atoms with E-state index in [-0.39, 0.29) is 13.5 Å². The summed E-state index contributed by atoms with van der Waals surface area (Å²) in [6.07, 6.45) is 1.49. The van der Waals surface area contributed by atoms with Crippen LogP contribution in [0.3, 0.4) is 0 Å². The molecule has 0 aliphatic rings. The number of fused-ring (bicyclic) bond motifs is 1. The van der Waals surface area contributed by atoms with Gasteiger partial charge in [-0.05, 0) is 29.6 Å². The summed E-state index contributed by atoms with van der Waals surface area (Å²) in [5.41, 5.74) is 2.09. The smallest absolute Gasteiger partial charge is 0.364 e. The molecule has 3 aromatic heterocycles. The number of hydrogen-bond acceptors (Lipinski definition) is 6. The van der Waals surface area contributed by atoms with E-state index in [4.69, 9.17) is 9.47 Å². The van der Waals surface area contributed by atoms with Crippen LogP contribution in [0.25, 0.3) is 22.4 Å². The molecule has 0 radical (unpaired) electrons. The lowest BCUT2D eigenvalue weighted by molar-refractivity contribution is 0.136. The molecule has 1 aromatic carbocycles. The van der Waals surface area contributed by atoms with Crippen LogP contribution in [-0.4, -0.2) is 48.7 Å². The first-order valence-electron chi connectivity index (χ1n) is 9.01. The zero-order valence-corrected chi connectivity index (χ0v) is 18.4. The molecule has 30 heavy (non-hydrogen) atoms. The van der Waals surface area contributed by atoms with Crippen LogP contribution < -0.4 is 4.31 Å². The Morgan fingerprint density at radius 3 is 2.70 bits per heavy atom. The number of benzene rings is 1. The lowest BCUT2D eigenvalue weighted by Crippen LogP contribution is -2.32. The van der Waals surface area contributed by atoms with Gasteiger partial charge in [0.2, 0.25) is 0 Å². The summed E-state index contributed by atoms with van der Waals surface area (Å²) < 4.78 is 40.6. The van der Waals surface area contributed by atoms with Gasteiger partial charge in [-0.25, -0.2) is 13.9 Å². The molecule has 0 aliphatic carbocycles. The maximum absolute atomic E-state index is 13.5. The molecule has 11 heteroatoms. The number of anilines is 1. The molecule has 0 fully saturated rings. The molecule has 0 amide bonds. The van der Waals surface area contributed by atoms with E-state index in [0.29, 0.717) is 15.7 Å². The summed E-state index contributed by atoms with van der Waals surface area (Å²) in [5, 5.41) is 6.81. The van der Waals surface area contributed by atoms with Gasteiger partial charge in [0.1, 0.15) is 19.8 Å². The van der Waals surface area contributed by atoms with E-state index in [9.17, 15) is 8.42 Å². The molecule has 158 valence electrons.